The molecule has 0 spiro atoms. The highest BCUT2D eigenvalue weighted by atomic mass is 15.3. The van der Waals surface area contributed by atoms with Crippen LogP contribution in [-0.4, -0.2) is 40.4 Å². The average Bonchev–Trinajstić information content (AvgIpc) is 2.77. The number of nitrogens with one attached hydrogen (secondary N) is 1. The van der Waals surface area contributed by atoms with Crippen molar-refractivity contribution in [1.82, 2.24) is 19.7 Å². The third-order valence-corrected chi connectivity index (χ3v) is 3.21. The Hall–Kier alpha value is -2.11. The number of hydrogen-bond donors (Lipinski definition) is 1. The van der Waals surface area contributed by atoms with Crippen LogP contribution in [0.5, 0.6) is 0 Å². The number of nitrogens with zero attached hydrogens (tertiary/aromatic N) is 5. The standard InChI is InChI=1S/C14H22N6/c1-11-10-12(2)20(18-11)9-5-8-19(4)14-16-7-6-13(15-3)17-14/h6-7,10H,5,8-9H2,1-4H3,(H,15,16,17). The third-order valence-electron chi connectivity index (χ3n) is 3.21. The van der Waals surface area contributed by atoms with Gasteiger partial charge in [-0.15, -0.1) is 0 Å². The topological polar surface area (TPSA) is 58.9 Å². The Morgan fingerprint density at radius 2 is 2.15 bits per heavy atom. The predicted molar refractivity (Wildman–Crippen MR) is 81.2 cm³/mol. The predicted octanol–water partition coefficient (Wildman–Crippen LogP) is 1.86. The van der Waals surface area contributed by atoms with E-state index in [0.29, 0.717) is 0 Å². The van der Waals surface area contributed by atoms with E-state index in [-0.39, 0.29) is 0 Å². The average molecular weight is 274 g/mol. The monoisotopic (exact) mass is 274 g/mol. The molecular weight excluding hydrogens is 252 g/mol. The third kappa shape index (κ3) is 3.46. The van der Waals surface area contributed by atoms with Crippen LogP contribution in [0.4, 0.5) is 11.8 Å². The Labute approximate surface area is 119 Å². The highest BCUT2D eigenvalue weighted by Gasteiger charge is 2.06. The number of hydrogen-bond acceptors (Lipinski definition) is 5. The van der Waals surface area contributed by atoms with Crippen LogP contribution < -0.4 is 10.2 Å². The molecule has 0 aliphatic heterocycles. The largest absolute Gasteiger partial charge is 0.373 e. The minimum Gasteiger partial charge on any atom is -0.373 e. The van der Waals surface area contributed by atoms with Crippen molar-refractivity contribution in [3.8, 4) is 0 Å². The van der Waals surface area contributed by atoms with Gasteiger partial charge in [0.15, 0.2) is 0 Å². The molecule has 0 fully saturated rings. The first kappa shape index (κ1) is 14.3. The molecule has 0 saturated heterocycles. The number of anilines is 2. The summed E-state index contributed by atoms with van der Waals surface area (Å²) < 4.78 is 2.05. The van der Waals surface area contributed by atoms with Gasteiger partial charge in [-0.2, -0.15) is 10.1 Å². The van der Waals surface area contributed by atoms with Gasteiger partial charge in [-0.05, 0) is 32.4 Å². The van der Waals surface area contributed by atoms with E-state index in [2.05, 4.69) is 38.3 Å². The second kappa shape index (κ2) is 6.36. The Morgan fingerprint density at radius 1 is 1.35 bits per heavy atom. The van der Waals surface area contributed by atoms with E-state index >= 15 is 0 Å². The van der Waals surface area contributed by atoms with Crippen molar-refractivity contribution in [2.24, 2.45) is 0 Å². The normalized spacial score (nSPS) is 10.6. The van der Waals surface area contributed by atoms with Crippen molar-refractivity contribution >= 4 is 11.8 Å². The molecule has 0 aromatic carbocycles. The summed E-state index contributed by atoms with van der Waals surface area (Å²) in [6.45, 7) is 5.91. The summed E-state index contributed by atoms with van der Waals surface area (Å²) in [5.41, 5.74) is 2.28. The second-order valence-electron chi connectivity index (χ2n) is 4.92. The molecule has 0 unspecified atom stereocenters. The van der Waals surface area contributed by atoms with Crippen LogP contribution in [0.25, 0.3) is 0 Å². The minimum atomic E-state index is 0.741. The first-order valence-electron chi connectivity index (χ1n) is 6.83. The Morgan fingerprint density at radius 3 is 2.80 bits per heavy atom. The summed E-state index contributed by atoms with van der Waals surface area (Å²) in [6.07, 6.45) is 2.78. The quantitative estimate of drug-likeness (QED) is 0.871. The molecule has 1 N–H and O–H groups in total. The molecule has 0 aliphatic rings. The molecule has 0 aliphatic carbocycles. The zero-order chi connectivity index (χ0) is 14.5. The van der Waals surface area contributed by atoms with Gasteiger partial charge in [0.05, 0.1) is 5.69 Å². The summed E-state index contributed by atoms with van der Waals surface area (Å²) in [4.78, 5) is 10.8. The zero-order valence-corrected chi connectivity index (χ0v) is 12.6. The fraction of sp³-hybridized carbons (Fsp3) is 0.500. The number of rotatable bonds is 6. The van der Waals surface area contributed by atoms with Gasteiger partial charge in [-0.3, -0.25) is 4.68 Å². The van der Waals surface area contributed by atoms with E-state index in [4.69, 9.17) is 0 Å². The molecule has 0 radical (unpaired) electrons. The van der Waals surface area contributed by atoms with E-state index in [1.54, 1.807) is 6.20 Å². The highest BCUT2D eigenvalue weighted by Crippen LogP contribution is 2.09. The smallest absolute Gasteiger partial charge is 0.226 e. The molecule has 0 bridgehead atoms. The molecule has 0 amide bonds. The summed E-state index contributed by atoms with van der Waals surface area (Å²) in [7, 11) is 3.87. The van der Waals surface area contributed by atoms with E-state index in [1.165, 1.54) is 5.69 Å². The van der Waals surface area contributed by atoms with Crippen molar-refractivity contribution in [2.75, 3.05) is 30.9 Å². The Balaban J connectivity index is 1.88. The van der Waals surface area contributed by atoms with Gasteiger partial charge in [0.1, 0.15) is 5.82 Å². The molecule has 6 heteroatoms. The molecule has 6 nitrogen and oxygen atoms in total. The Kier molecular flexibility index (Phi) is 4.55. The molecule has 2 rings (SSSR count). The Bertz CT molecular complexity index is 563. The maximum absolute atomic E-state index is 4.46. The summed E-state index contributed by atoms with van der Waals surface area (Å²) in [6, 6.07) is 3.95. The number of aryl methyl sites for hydroxylation is 3. The molecule has 2 aromatic heterocycles. The van der Waals surface area contributed by atoms with Crippen molar-refractivity contribution in [1.29, 1.82) is 0 Å². The van der Waals surface area contributed by atoms with Crippen molar-refractivity contribution in [3.63, 3.8) is 0 Å². The second-order valence-corrected chi connectivity index (χ2v) is 4.92. The van der Waals surface area contributed by atoms with Crippen LogP contribution in [0.3, 0.4) is 0 Å². The van der Waals surface area contributed by atoms with Crippen LogP contribution in [0.15, 0.2) is 18.3 Å². The SMILES string of the molecule is CNc1ccnc(N(C)CCCn2nc(C)cc2C)n1. The van der Waals surface area contributed by atoms with Crippen LogP contribution in [-0.2, 0) is 6.54 Å². The lowest BCUT2D eigenvalue weighted by molar-refractivity contribution is 0.560. The van der Waals surface area contributed by atoms with Crippen LogP contribution in [0.2, 0.25) is 0 Å². The first-order chi connectivity index (χ1) is 9.60. The highest BCUT2D eigenvalue weighted by molar-refractivity contribution is 5.39. The van der Waals surface area contributed by atoms with Gasteiger partial charge in [0.2, 0.25) is 5.95 Å². The molecule has 2 aromatic rings. The lowest BCUT2D eigenvalue weighted by atomic mass is 10.3. The van der Waals surface area contributed by atoms with Crippen molar-refractivity contribution < 1.29 is 0 Å². The van der Waals surface area contributed by atoms with Gasteiger partial charge < -0.3 is 10.2 Å². The molecular formula is C14H22N6. The fourth-order valence-electron chi connectivity index (χ4n) is 2.13. The summed E-state index contributed by atoms with van der Waals surface area (Å²) >= 11 is 0. The van der Waals surface area contributed by atoms with E-state index in [0.717, 1.165) is 37.0 Å². The molecule has 0 saturated carbocycles. The van der Waals surface area contributed by atoms with Gasteiger partial charge in [-0.1, -0.05) is 0 Å². The lowest BCUT2D eigenvalue weighted by Crippen LogP contribution is -2.22. The maximum Gasteiger partial charge on any atom is 0.226 e. The zero-order valence-electron chi connectivity index (χ0n) is 12.6. The first-order valence-corrected chi connectivity index (χ1v) is 6.83. The molecule has 20 heavy (non-hydrogen) atoms. The fourth-order valence-corrected chi connectivity index (χ4v) is 2.13. The van der Waals surface area contributed by atoms with Gasteiger partial charge >= 0.3 is 0 Å². The van der Waals surface area contributed by atoms with Crippen LogP contribution in [0.1, 0.15) is 17.8 Å². The number of aromatic nitrogens is 4. The van der Waals surface area contributed by atoms with Gasteiger partial charge in [0, 0.05) is 39.1 Å². The van der Waals surface area contributed by atoms with Crippen LogP contribution >= 0.6 is 0 Å². The molecule has 108 valence electrons. The van der Waals surface area contributed by atoms with Crippen molar-refractivity contribution in [2.45, 2.75) is 26.8 Å². The lowest BCUT2D eigenvalue weighted by Gasteiger charge is -2.17. The summed E-state index contributed by atoms with van der Waals surface area (Å²) in [5, 5.41) is 7.49. The minimum absolute atomic E-state index is 0.741. The maximum atomic E-state index is 4.46. The van der Waals surface area contributed by atoms with E-state index in [1.807, 2.05) is 31.8 Å². The van der Waals surface area contributed by atoms with Crippen molar-refractivity contribution in [3.05, 3.63) is 29.7 Å². The van der Waals surface area contributed by atoms with E-state index in [9.17, 15) is 0 Å². The molecule has 2 heterocycles. The van der Waals surface area contributed by atoms with Gasteiger partial charge in [-0.25, -0.2) is 4.98 Å². The van der Waals surface area contributed by atoms with Crippen LogP contribution in [0, 0.1) is 13.8 Å². The van der Waals surface area contributed by atoms with E-state index < -0.39 is 0 Å². The molecule has 0 atom stereocenters. The van der Waals surface area contributed by atoms with Gasteiger partial charge in [0.25, 0.3) is 0 Å². The summed E-state index contributed by atoms with van der Waals surface area (Å²) in [5.74, 6) is 1.57.